The normalized spacial score (nSPS) is 19.1. The summed E-state index contributed by atoms with van der Waals surface area (Å²) in [5, 5.41) is 21.5. The summed E-state index contributed by atoms with van der Waals surface area (Å²) in [7, 11) is 1.65. The number of methoxy groups -OCH3 is 1. The average Bonchev–Trinajstić information content (AvgIpc) is 2.67. The molecular formula is C23H40O4Sn. The van der Waals surface area contributed by atoms with E-state index in [1.807, 2.05) is 52.0 Å². The second-order valence-corrected chi connectivity index (χ2v) is 23.6. The van der Waals surface area contributed by atoms with Crippen molar-refractivity contribution in [2.24, 2.45) is 17.8 Å². The quantitative estimate of drug-likeness (QED) is 0.435. The van der Waals surface area contributed by atoms with Crippen molar-refractivity contribution in [2.75, 3.05) is 7.11 Å². The van der Waals surface area contributed by atoms with E-state index in [4.69, 9.17) is 9.47 Å². The molecule has 0 aliphatic rings. The Morgan fingerprint density at radius 1 is 0.929 bits per heavy atom. The average molecular weight is 499 g/mol. The van der Waals surface area contributed by atoms with Gasteiger partial charge in [0.05, 0.1) is 7.11 Å². The van der Waals surface area contributed by atoms with Gasteiger partial charge in [0.2, 0.25) is 0 Å². The summed E-state index contributed by atoms with van der Waals surface area (Å²) in [5.74, 6) is 0.545. The molecule has 0 unspecified atom stereocenters. The Bertz CT molecular complexity index is 594. The minimum absolute atomic E-state index is 0.0308. The molecule has 0 radical (unpaired) electrons. The molecule has 0 amide bonds. The van der Waals surface area contributed by atoms with Crippen molar-refractivity contribution in [2.45, 2.75) is 67.4 Å². The van der Waals surface area contributed by atoms with Crippen LogP contribution in [0, 0.1) is 17.8 Å². The van der Waals surface area contributed by atoms with E-state index in [-0.39, 0.29) is 23.9 Å². The molecule has 0 aliphatic heterocycles. The fourth-order valence-corrected chi connectivity index (χ4v) is 5.61. The molecule has 4 nitrogen and oxygen atoms in total. The summed E-state index contributed by atoms with van der Waals surface area (Å²) in [6, 6.07) is 7.79. The molecule has 0 saturated heterocycles. The van der Waals surface area contributed by atoms with Crippen LogP contribution >= 0.6 is 0 Å². The van der Waals surface area contributed by atoms with Gasteiger partial charge in [-0.15, -0.1) is 0 Å². The van der Waals surface area contributed by atoms with Crippen LogP contribution in [0.25, 0.3) is 0 Å². The molecular weight excluding hydrogens is 459 g/mol. The molecule has 0 saturated carbocycles. The van der Waals surface area contributed by atoms with E-state index in [0.717, 1.165) is 11.3 Å². The van der Waals surface area contributed by atoms with Crippen molar-refractivity contribution in [1.82, 2.24) is 0 Å². The summed E-state index contributed by atoms with van der Waals surface area (Å²) in [6.45, 7) is 8.40. The topological polar surface area (TPSA) is 58.9 Å². The molecule has 160 valence electrons. The van der Waals surface area contributed by atoms with E-state index >= 15 is 0 Å². The monoisotopic (exact) mass is 500 g/mol. The number of benzene rings is 1. The Labute approximate surface area is 175 Å². The van der Waals surface area contributed by atoms with Crippen LogP contribution < -0.4 is 4.74 Å². The summed E-state index contributed by atoms with van der Waals surface area (Å²) in [4.78, 5) is 7.02. The molecule has 1 aromatic rings. The van der Waals surface area contributed by atoms with Gasteiger partial charge in [0.25, 0.3) is 0 Å². The predicted molar refractivity (Wildman–Crippen MR) is 119 cm³/mol. The molecule has 0 fully saturated rings. The van der Waals surface area contributed by atoms with Gasteiger partial charge >= 0.3 is 146 Å². The van der Waals surface area contributed by atoms with Crippen LogP contribution in [-0.2, 0) is 11.3 Å². The van der Waals surface area contributed by atoms with Crippen molar-refractivity contribution in [1.29, 1.82) is 0 Å². The van der Waals surface area contributed by atoms with Crippen LogP contribution in [0.1, 0.15) is 33.3 Å². The van der Waals surface area contributed by atoms with Crippen LogP contribution in [-0.4, -0.2) is 54.0 Å². The third-order valence-corrected chi connectivity index (χ3v) is 8.87. The van der Waals surface area contributed by atoms with Crippen molar-refractivity contribution in [3.05, 3.63) is 40.0 Å². The van der Waals surface area contributed by atoms with E-state index in [2.05, 4.69) is 25.0 Å². The number of aliphatic hydroxyl groups excluding tert-OH is 2. The van der Waals surface area contributed by atoms with E-state index in [1.54, 1.807) is 7.11 Å². The van der Waals surface area contributed by atoms with Crippen LogP contribution in [0.4, 0.5) is 0 Å². The van der Waals surface area contributed by atoms with E-state index in [0.29, 0.717) is 6.61 Å². The zero-order valence-corrected chi connectivity index (χ0v) is 21.7. The third kappa shape index (κ3) is 8.44. The Morgan fingerprint density at radius 2 is 1.50 bits per heavy atom. The molecule has 6 atom stereocenters. The number of hydrogen-bond acceptors (Lipinski definition) is 4. The van der Waals surface area contributed by atoms with Crippen LogP contribution in [0.2, 0.25) is 14.8 Å². The molecule has 28 heavy (non-hydrogen) atoms. The summed E-state index contributed by atoms with van der Waals surface area (Å²) in [5.41, 5.74) is 1.06. The first kappa shape index (κ1) is 25.5. The molecule has 0 spiro atoms. The molecule has 0 bridgehead atoms. The van der Waals surface area contributed by atoms with Gasteiger partial charge in [-0.1, -0.05) is 0 Å². The second kappa shape index (κ2) is 11.6. The molecule has 5 heteroatoms. The smallest absolute Gasteiger partial charge is 0.0196 e. The van der Waals surface area contributed by atoms with Crippen LogP contribution in [0.5, 0.6) is 5.75 Å². The first-order valence-corrected chi connectivity index (χ1v) is 20.5. The summed E-state index contributed by atoms with van der Waals surface area (Å²) >= 11 is -2.00. The summed E-state index contributed by atoms with van der Waals surface area (Å²) in [6.07, 6.45) is 0.812. The third-order valence-electron chi connectivity index (χ3n) is 5.47. The van der Waals surface area contributed by atoms with Gasteiger partial charge in [-0.2, -0.15) is 0 Å². The van der Waals surface area contributed by atoms with E-state index < -0.39 is 30.6 Å². The first-order chi connectivity index (χ1) is 13.0. The minimum atomic E-state index is -2.00. The van der Waals surface area contributed by atoms with Gasteiger partial charge in [0.15, 0.2) is 0 Å². The Hall–Kier alpha value is -0.561. The van der Waals surface area contributed by atoms with Gasteiger partial charge < -0.3 is 4.74 Å². The van der Waals surface area contributed by atoms with E-state index in [1.165, 1.54) is 0 Å². The standard InChI is InChI=1S/C20H31O4.3CH3.Sn/c1-7-13(2)19(21)15(4)20(22)14(3)16(5)24-12-17-8-10-18(23-6)11-9-17;;;;/h1,7-11,13-16,19-22H,12H2,2-6H3;3*1H3;/t13-,14+,15+,16+,19-,20-;;;;/m0..../s1. The van der Waals surface area contributed by atoms with Crippen molar-refractivity contribution in [3.63, 3.8) is 0 Å². The SMILES string of the molecule is COc1ccc(CO[C@H](C)[C@@H](C)[C@H](O)[C@H](C)[C@@H](O)[C@@H](C)/C=[CH]/[Sn]([CH3])([CH3])[CH3])cc1. The molecule has 1 aromatic carbocycles. The number of hydrogen-bond donors (Lipinski definition) is 2. The van der Waals surface area contributed by atoms with Crippen molar-refractivity contribution in [3.8, 4) is 5.75 Å². The maximum atomic E-state index is 10.8. The molecule has 0 aromatic heterocycles. The Kier molecular flexibility index (Phi) is 10.5. The van der Waals surface area contributed by atoms with Gasteiger partial charge in [0, 0.05) is 0 Å². The maximum absolute atomic E-state index is 10.8. The molecule has 0 heterocycles. The number of rotatable bonds is 11. The van der Waals surface area contributed by atoms with Gasteiger partial charge in [-0.3, -0.25) is 0 Å². The van der Waals surface area contributed by atoms with Crippen molar-refractivity contribution < 1.29 is 19.7 Å². The van der Waals surface area contributed by atoms with Crippen LogP contribution in [0.3, 0.4) is 0 Å². The number of ether oxygens (including phenoxy) is 2. The van der Waals surface area contributed by atoms with Gasteiger partial charge in [-0.25, -0.2) is 0 Å². The zero-order chi connectivity index (χ0) is 21.5. The Balaban J connectivity index is 2.60. The van der Waals surface area contributed by atoms with Gasteiger partial charge in [0.1, 0.15) is 5.75 Å². The second-order valence-electron chi connectivity index (χ2n) is 9.15. The number of aliphatic hydroxyl groups is 2. The molecule has 1 rings (SSSR count). The van der Waals surface area contributed by atoms with Crippen molar-refractivity contribution >= 4 is 18.4 Å². The summed E-state index contributed by atoms with van der Waals surface area (Å²) < 4.78 is 13.5. The van der Waals surface area contributed by atoms with Gasteiger partial charge in [-0.05, 0) is 12.1 Å². The zero-order valence-electron chi connectivity index (χ0n) is 18.8. The van der Waals surface area contributed by atoms with E-state index in [9.17, 15) is 10.2 Å². The first-order valence-electron chi connectivity index (χ1n) is 10.3. The molecule has 2 N–H and O–H groups in total. The van der Waals surface area contributed by atoms with Crippen LogP contribution in [0.15, 0.2) is 34.4 Å². The fraction of sp³-hybridized carbons (Fsp3) is 0.652. The fourth-order valence-electron chi connectivity index (χ4n) is 3.09. The molecule has 0 aliphatic carbocycles. The minimum Gasteiger partial charge on any atom is -0.0196 e. The Morgan fingerprint density at radius 3 is 2.00 bits per heavy atom. The predicted octanol–water partition coefficient (Wildman–Crippen LogP) is 4.66.